The Kier molecular flexibility index (Phi) is 6.02. The van der Waals surface area contributed by atoms with E-state index in [9.17, 15) is 10.1 Å². The maximum absolute atomic E-state index is 11.1. The fraction of sp³-hybridized carbons (Fsp3) is 0.188. The van der Waals surface area contributed by atoms with Gasteiger partial charge < -0.3 is 14.2 Å². The minimum atomic E-state index is -0.535. The molecule has 2 aromatic rings. The Morgan fingerprint density at radius 3 is 2.32 bits per heavy atom. The van der Waals surface area contributed by atoms with Gasteiger partial charge in [0.15, 0.2) is 0 Å². The quantitative estimate of drug-likeness (QED) is 0.456. The minimum Gasteiger partial charge on any atom is -0.496 e. The number of anilines is 1. The second-order valence-corrected chi connectivity index (χ2v) is 5.15. The summed E-state index contributed by atoms with van der Waals surface area (Å²) in [5.41, 5.74) is 3.65. The van der Waals surface area contributed by atoms with E-state index in [-0.39, 0.29) is 11.4 Å². The van der Waals surface area contributed by atoms with Crippen LogP contribution < -0.4 is 19.6 Å². The number of hydrazone groups is 1. The molecule has 0 aromatic heterocycles. The fourth-order valence-corrected chi connectivity index (χ4v) is 2.32. The van der Waals surface area contributed by atoms with Gasteiger partial charge in [0.1, 0.15) is 11.5 Å². The highest BCUT2D eigenvalue weighted by Gasteiger charge is 2.18. The predicted octanol–water partition coefficient (Wildman–Crippen LogP) is 3.72. The highest BCUT2D eigenvalue weighted by Crippen LogP contribution is 2.33. The zero-order valence-corrected chi connectivity index (χ0v) is 14.5. The summed E-state index contributed by atoms with van der Waals surface area (Å²) in [7, 11) is 4.33. The summed E-state index contributed by atoms with van der Waals surface area (Å²) in [5, 5.41) is 15.6. The lowest BCUT2D eigenvalue weighted by Crippen LogP contribution is -1.99. The number of benzene rings is 2. The molecule has 0 atom stereocenters. The molecule has 0 spiro atoms. The molecular formula is C16H16ClN3O5. The van der Waals surface area contributed by atoms with Crippen LogP contribution in [-0.4, -0.2) is 32.5 Å². The summed E-state index contributed by atoms with van der Waals surface area (Å²) in [5.74, 6) is 1.04. The maximum Gasteiger partial charge on any atom is 0.311 e. The lowest BCUT2D eigenvalue weighted by Gasteiger charge is -2.08. The second kappa shape index (κ2) is 8.20. The van der Waals surface area contributed by atoms with Gasteiger partial charge in [-0.05, 0) is 18.2 Å². The van der Waals surface area contributed by atoms with Gasteiger partial charge in [0.25, 0.3) is 0 Å². The van der Waals surface area contributed by atoms with Crippen LogP contribution in [0.15, 0.2) is 35.4 Å². The molecule has 1 N–H and O–H groups in total. The Hall–Kier alpha value is -3.00. The molecule has 0 unspecified atom stereocenters. The van der Waals surface area contributed by atoms with Gasteiger partial charge in [0.05, 0.1) is 43.2 Å². The standard InChI is InChI=1S/C16H16ClN3O5/c1-23-14-5-4-11(7-12(14)17)19-18-9-10-6-13(20(21)22)16(25-3)8-15(10)24-2/h4-9,19H,1-3H3/b18-9+. The third kappa shape index (κ3) is 4.30. The van der Waals surface area contributed by atoms with Crippen LogP contribution in [0.3, 0.4) is 0 Å². The van der Waals surface area contributed by atoms with Gasteiger partial charge >= 0.3 is 5.69 Å². The number of rotatable bonds is 7. The molecule has 2 rings (SSSR count). The number of nitro benzene ring substituents is 1. The summed E-state index contributed by atoms with van der Waals surface area (Å²) < 4.78 is 15.3. The zero-order valence-electron chi connectivity index (χ0n) is 13.8. The van der Waals surface area contributed by atoms with Gasteiger partial charge in [-0.15, -0.1) is 0 Å². The molecule has 132 valence electrons. The third-order valence-electron chi connectivity index (χ3n) is 3.28. The van der Waals surface area contributed by atoms with E-state index >= 15 is 0 Å². The van der Waals surface area contributed by atoms with Crippen molar-refractivity contribution in [2.45, 2.75) is 0 Å². The van der Waals surface area contributed by atoms with Crippen LogP contribution in [0.1, 0.15) is 5.56 Å². The van der Waals surface area contributed by atoms with E-state index in [4.69, 9.17) is 25.8 Å². The van der Waals surface area contributed by atoms with E-state index in [2.05, 4.69) is 10.5 Å². The molecular weight excluding hydrogens is 350 g/mol. The molecule has 9 heteroatoms. The van der Waals surface area contributed by atoms with E-state index in [1.54, 1.807) is 18.2 Å². The van der Waals surface area contributed by atoms with Crippen molar-refractivity contribution in [1.29, 1.82) is 0 Å². The molecule has 0 amide bonds. The summed E-state index contributed by atoms with van der Waals surface area (Å²) in [4.78, 5) is 10.6. The van der Waals surface area contributed by atoms with Crippen molar-refractivity contribution >= 4 is 29.2 Å². The van der Waals surface area contributed by atoms with Crippen LogP contribution in [0, 0.1) is 10.1 Å². The van der Waals surface area contributed by atoms with E-state index in [0.29, 0.717) is 27.8 Å². The van der Waals surface area contributed by atoms with Crippen LogP contribution in [0.2, 0.25) is 5.02 Å². The average Bonchev–Trinajstić information content (AvgIpc) is 2.61. The Balaban J connectivity index is 2.26. The van der Waals surface area contributed by atoms with Crippen LogP contribution in [0.5, 0.6) is 17.2 Å². The molecule has 0 heterocycles. The van der Waals surface area contributed by atoms with Crippen molar-refractivity contribution < 1.29 is 19.1 Å². The number of hydrogen-bond acceptors (Lipinski definition) is 7. The molecule has 0 fully saturated rings. The lowest BCUT2D eigenvalue weighted by molar-refractivity contribution is -0.385. The first kappa shape index (κ1) is 18.3. The first-order valence-electron chi connectivity index (χ1n) is 7.03. The van der Waals surface area contributed by atoms with Gasteiger partial charge in [-0.25, -0.2) is 0 Å². The molecule has 0 radical (unpaired) electrons. The normalized spacial score (nSPS) is 10.6. The molecule has 8 nitrogen and oxygen atoms in total. The number of nitrogens with zero attached hydrogens (tertiary/aromatic N) is 2. The van der Waals surface area contributed by atoms with E-state index < -0.39 is 4.92 Å². The zero-order chi connectivity index (χ0) is 18.4. The number of hydrogen-bond donors (Lipinski definition) is 1. The van der Waals surface area contributed by atoms with Crippen LogP contribution >= 0.6 is 11.6 Å². The van der Waals surface area contributed by atoms with Crippen molar-refractivity contribution in [3.05, 3.63) is 51.0 Å². The van der Waals surface area contributed by atoms with Crippen LogP contribution in [-0.2, 0) is 0 Å². The Morgan fingerprint density at radius 1 is 1.08 bits per heavy atom. The summed E-state index contributed by atoms with van der Waals surface area (Å²) >= 11 is 6.04. The Bertz CT molecular complexity index is 811. The second-order valence-electron chi connectivity index (χ2n) is 4.74. The van der Waals surface area contributed by atoms with E-state index in [1.807, 2.05) is 0 Å². The Morgan fingerprint density at radius 2 is 1.76 bits per heavy atom. The summed E-state index contributed by atoms with van der Waals surface area (Å²) in [6.45, 7) is 0. The minimum absolute atomic E-state index is 0.105. The van der Waals surface area contributed by atoms with Gasteiger partial charge in [0.2, 0.25) is 5.75 Å². The molecule has 0 aliphatic carbocycles. The molecule has 0 saturated carbocycles. The molecule has 0 bridgehead atoms. The Labute approximate surface area is 149 Å². The van der Waals surface area contributed by atoms with Gasteiger partial charge in [0, 0.05) is 17.7 Å². The largest absolute Gasteiger partial charge is 0.496 e. The van der Waals surface area contributed by atoms with Gasteiger partial charge in [-0.3, -0.25) is 15.5 Å². The van der Waals surface area contributed by atoms with Crippen molar-refractivity contribution in [2.24, 2.45) is 5.10 Å². The smallest absolute Gasteiger partial charge is 0.311 e. The maximum atomic E-state index is 11.1. The van der Waals surface area contributed by atoms with E-state index in [1.165, 1.54) is 39.7 Å². The molecule has 25 heavy (non-hydrogen) atoms. The SMILES string of the molecule is COc1ccc(N/N=C/c2cc([N+](=O)[O-])c(OC)cc2OC)cc1Cl. The number of halogens is 1. The summed E-state index contributed by atoms with van der Waals surface area (Å²) in [6, 6.07) is 7.83. The molecule has 0 saturated heterocycles. The molecule has 0 aliphatic heterocycles. The first-order chi connectivity index (χ1) is 12.0. The lowest BCUT2D eigenvalue weighted by atomic mass is 10.1. The predicted molar refractivity (Wildman–Crippen MR) is 95.4 cm³/mol. The number of ether oxygens (including phenoxy) is 3. The van der Waals surface area contributed by atoms with Gasteiger partial charge in [-0.1, -0.05) is 11.6 Å². The van der Waals surface area contributed by atoms with Crippen molar-refractivity contribution in [2.75, 3.05) is 26.8 Å². The highest BCUT2D eigenvalue weighted by molar-refractivity contribution is 6.32. The topological polar surface area (TPSA) is 95.2 Å². The summed E-state index contributed by atoms with van der Waals surface area (Å²) in [6.07, 6.45) is 1.41. The number of nitro groups is 1. The van der Waals surface area contributed by atoms with Crippen molar-refractivity contribution in [3.8, 4) is 17.2 Å². The van der Waals surface area contributed by atoms with Crippen LogP contribution in [0.25, 0.3) is 0 Å². The molecule has 0 aliphatic rings. The van der Waals surface area contributed by atoms with Gasteiger partial charge in [-0.2, -0.15) is 5.10 Å². The monoisotopic (exact) mass is 365 g/mol. The number of methoxy groups -OCH3 is 3. The third-order valence-corrected chi connectivity index (χ3v) is 3.57. The first-order valence-corrected chi connectivity index (χ1v) is 7.41. The van der Waals surface area contributed by atoms with Crippen LogP contribution in [0.4, 0.5) is 11.4 Å². The number of nitrogens with one attached hydrogen (secondary N) is 1. The molecule has 2 aromatic carbocycles. The van der Waals surface area contributed by atoms with Crippen molar-refractivity contribution in [1.82, 2.24) is 0 Å². The highest BCUT2D eigenvalue weighted by atomic mass is 35.5. The van der Waals surface area contributed by atoms with Crippen molar-refractivity contribution in [3.63, 3.8) is 0 Å². The van der Waals surface area contributed by atoms with E-state index in [0.717, 1.165) is 0 Å². The fourth-order valence-electron chi connectivity index (χ4n) is 2.06. The average molecular weight is 366 g/mol.